The van der Waals surface area contributed by atoms with Crippen LogP contribution in [-0.2, 0) is 14.3 Å². The molecule has 10 heteroatoms. The summed E-state index contributed by atoms with van der Waals surface area (Å²) in [4.78, 5) is 43.5. The third kappa shape index (κ3) is 5.69. The van der Waals surface area contributed by atoms with E-state index in [1.165, 1.54) is 7.11 Å². The number of amides is 2. The number of carbonyl (C=O) groups excluding carboxylic acids is 3. The molecule has 0 bridgehead atoms. The van der Waals surface area contributed by atoms with Crippen molar-refractivity contribution in [3.05, 3.63) is 50.8 Å². The summed E-state index contributed by atoms with van der Waals surface area (Å²) in [5, 5.41) is 3.54. The van der Waals surface area contributed by atoms with Crippen molar-refractivity contribution < 1.29 is 23.9 Å². The number of hydrogen-bond donors (Lipinski definition) is 2. The van der Waals surface area contributed by atoms with Crippen LogP contribution in [0.4, 0.5) is 5.69 Å². The van der Waals surface area contributed by atoms with Gasteiger partial charge in [-0.25, -0.2) is 4.79 Å². The standard InChI is InChI=1S/C23H27Cl2N3O5/c1-13-19(23(31)33-11-10-32-3)14(2)26-20(13)22(30)28-9-5-4-6-18(28)21(29)27-15-7-8-16(24)17(25)12-15/h7-8,12,18,26H,4-6,9-11H2,1-3H3,(H,27,29). The number of aryl methyl sites for hydroxylation is 1. The van der Waals surface area contributed by atoms with E-state index in [0.29, 0.717) is 45.5 Å². The molecule has 0 saturated carbocycles. The summed E-state index contributed by atoms with van der Waals surface area (Å²) in [5.74, 6) is -1.16. The molecule has 2 amide bonds. The van der Waals surface area contributed by atoms with Crippen LogP contribution in [0, 0.1) is 13.8 Å². The normalized spacial score (nSPS) is 15.9. The highest BCUT2D eigenvalue weighted by molar-refractivity contribution is 6.42. The monoisotopic (exact) mass is 495 g/mol. The van der Waals surface area contributed by atoms with Gasteiger partial charge in [-0.1, -0.05) is 23.2 Å². The Balaban J connectivity index is 1.79. The number of nitrogens with one attached hydrogen (secondary N) is 2. The molecule has 3 rings (SSSR count). The molecule has 1 aromatic carbocycles. The fraction of sp³-hybridized carbons (Fsp3) is 0.435. The van der Waals surface area contributed by atoms with Crippen LogP contribution in [0.15, 0.2) is 18.2 Å². The number of nitrogens with zero attached hydrogens (tertiary/aromatic N) is 1. The zero-order chi connectivity index (χ0) is 24.1. The Labute approximate surface area is 202 Å². The molecular weight excluding hydrogens is 469 g/mol. The number of piperidine rings is 1. The van der Waals surface area contributed by atoms with Gasteiger partial charge in [0.25, 0.3) is 5.91 Å². The van der Waals surface area contributed by atoms with E-state index in [1.54, 1.807) is 36.9 Å². The summed E-state index contributed by atoms with van der Waals surface area (Å²) in [6.07, 6.45) is 2.14. The van der Waals surface area contributed by atoms with Gasteiger partial charge in [-0.2, -0.15) is 0 Å². The van der Waals surface area contributed by atoms with E-state index in [-0.39, 0.29) is 30.7 Å². The summed E-state index contributed by atoms with van der Waals surface area (Å²) in [7, 11) is 1.52. The fourth-order valence-corrected chi connectivity index (χ4v) is 4.25. The lowest BCUT2D eigenvalue weighted by Crippen LogP contribution is -2.50. The number of halogens is 2. The number of likely N-dealkylation sites (tertiary alicyclic amines) is 1. The molecule has 1 saturated heterocycles. The van der Waals surface area contributed by atoms with Crippen LogP contribution in [0.2, 0.25) is 10.0 Å². The van der Waals surface area contributed by atoms with Gasteiger partial charge in [0.1, 0.15) is 18.3 Å². The Morgan fingerprint density at radius 2 is 1.91 bits per heavy atom. The Hall–Kier alpha value is -2.55. The first kappa shape index (κ1) is 25.1. The number of methoxy groups -OCH3 is 1. The maximum atomic E-state index is 13.4. The second kappa shape index (κ2) is 11.0. The molecule has 2 aromatic rings. The van der Waals surface area contributed by atoms with Crippen molar-refractivity contribution in [3.63, 3.8) is 0 Å². The topological polar surface area (TPSA) is 101 Å². The first-order valence-electron chi connectivity index (χ1n) is 10.7. The summed E-state index contributed by atoms with van der Waals surface area (Å²) < 4.78 is 10.1. The molecule has 178 valence electrons. The van der Waals surface area contributed by atoms with Gasteiger partial charge < -0.3 is 24.7 Å². The predicted molar refractivity (Wildman–Crippen MR) is 126 cm³/mol. The highest BCUT2D eigenvalue weighted by Crippen LogP contribution is 2.27. The number of H-pyrrole nitrogens is 1. The molecule has 0 spiro atoms. The number of rotatable bonds is 7. The first-order chi connectivity index (χ1) is 15.7. The molecule has 0 aliphatic carbocycles. The molecule has 1 aliphatic rings. The van der Waals surface area contributed by atoms with Crippen LogP contribution in [0.1, 0.15) is 51.4 Å². The van der Waals surface area contributed by atoms with Crippen LogP contribution >= 0.6 is 23.2 Å². The maximum Gasteiger partial charge on any atom is 0.340 e. The Morgan fingerprint density at radius 3 is 2.61 bits per heavy atom. The van der Waals surface area contributed by atoms with Gasteiger partial charge in [-0.3, -0.25) is 9.59 Å². The second-order valence-corrected chi connectivity index (χ2v) is 8.70. The first-order valence-corrected chi connectivity index (χ1v) is 11.4. The van der Waals surface area contributed by atoms with Crippen LogP contribution in [-0.4, -0.2) is 60.6 Å². The van der Waals surface area contributed by atoms with Crippen molar-refractivity contribution in [1.29, 1.82) is 0 Å². The van der Waals surface area contributed by atoms with Crippen molar-refractivity contribution in [3.8, 4) is 0 Å². The fourth-order valence-electron chi connectivity index (χ4n) is 3.95. The molecule has 1 fully saturated rings. The SMILES string of the molecule is COCCOC(=O)c1c(C)[nH]c(C(=O)N2CCCCC2C(=O)Nc2ccc(Cl)c(Cl)c2)c1C. The zero-order valence-electron chi connectivity index (χ0n) is 18.8. The molecule has 0 radical (unpaired) electrons. The van der Waals surface area contributed by atoms with Crippen LogP contribution in [0.3, 0.4) is 0 Å². The van der Waals surface area contributed by atoms with Crippen molar-refractivity contribution in [2.24, 2.45) is 0 Å². The number of ether oxygens (including phenoxy) is 2. The van der Waals surface area contributed by atoms with Crippen molar-refractivity contribution in [2.45, 2.75) is 39.2 Å². The Bertz CT molecular complexity index is 1050. The number of hydrogen-bond acceptors (Lipinski definition) is 5. The van der Waals surface area contributed by atoms with E-state index in [1.807, 2.05) is 0 Å². The summed E-state index contributed by atoms with van der Waals surface area (Å²) in [6, 6.07) is 4.17. The number of carbonyl (C=O) groups is 3. The Morgan fingerprint density at radius 1 is 1.15 bits per heavy atom. The van der Waals surface area contributed by atoms with Gasteiger partial charge in [0, 0.05) is 25.0 Å². The molecule has 1 aromatic heterocycles. The van der Waals surface area contributed by atoms with Gasteiger partial charge in [0.2, 0.25) is 5.91 Å². The van der Waals surface area contributed by atoms with Crippen LogP contribution < -0.4 is 5.32 Å². The number of esters is 1. The minimum Gasteiger partial charge on any atom is -0.460 e. The van der Waals surface area contributed by atoms with Crippen LogP contribution in [0.25, 0.3) is 0 Å². The third-order valence-electron chi connectivity index (χ3n) is 5.63. The lowest BCUT2D eigenvalue weighted by Gasteiger charge is -2.34. The lowest BCUT2D eigenvalue weighted by molar-refractivity contribution is -0.121. The summed E-state index contributed by atoms with van der Waals surface area (Å²) >= 11 is 12.0. The van der Waals surface area contributed by atoms with Crippen molar-refractivity contribution >= 4 is 46.7 Å². The van der Waals surface area contributed by atoms with Gasteiger partial charge in [-0.15, -0.1) is 0 Å². The number of benzene rings is 1. The molecule has 1 aliphatic heterocycles. The molecule has 1 unspecified atom stereocenters. The van der Waals surface area contributed by atoms with Gasteiger partial charge in [0.15, 0.2) is 0 Å². The van der Waals surface area contributed by atoms with E-state index in [4.69, 9.17) is 32.7 Å². The minimum atomic E-state index is -0.652. The lowest BCUT2D eigenvalue weighted by atomic mass is 10.00. The van der Waals surface area contributed by atoms with Crippen LogP contribution in [0.5, 0.6) is 0 Å². The van der Waals surface area contributed by atoms with E-state index in [9.17, 15) is 14.4 Å². The maximum absolute atomic E-state index is 13.4. The Kier molecular flexibility index (Phi) is 8.40. The van der Waals surface area contributed by atoms with Crippen molar-refractivity contribution in [1.82, 2.24) is 9.88 Å². The average molecular weight is 496 g/mol. The second-order valence-electron chi connectivity index (χ2n) is 7.88. The number of anilines is 1. The highest BCUT2D eigenvalue weighted by atomic mass is 35.5. The summed E-state index contributed by atoms with van der Waals surface area (Å²) in [6.45, 7) is 4.23. The molecule has 1 atom stereocenters. The number of aromatic amines is 1. The van der Waals surface area contributed by atoms with E-state index in [0.717, 1.165) is 12.8 Å². The van der Waals surface area contributed by atoms with Gasteiger partial charge >= 0.3 is 5.97 Å². The quantitative estimate of drug-likeness (QED) is 0.438. The molecular formula is C23H27Cl2N3O5. The largest absolute Gasteiger partial charge is 0.460 e. The van der Waals surface area contributed by atoms with Gasteiger partial charge in [-0.05, 0) is 56.9 Å². The highest BCUT2D eigenvalue weighted by Gasteiger charge is 2.35. The van der Waals surface area contributed by atoms with Crippen molar-refractivity contribution in [2.75, 3.05) is 32.2 Å². The molecule has 8 nitrogen and oxygen atoms in total. The van der Waals surface area contributed by atoms with E-state index >= 15 is 0 Å². The smallest absolute Gasteiger partial charge is 0.340 e. The molecule has 2 N–H and O–H groups in total. The average Bonchev–Trinajstić information content (AvgIpc) is 3.09. The van der Waals surface area contributed by atoms with E-state index in [2.05, 4.69) is 10.3 Å². The zero-order valence-corrected chi connectivity index (χ0v) is 20.3. The summed E-state index contributed by atoms with van der Waals surface area (Å²) in [5.41, 5.74) is 2.13. The molecule has 33 heavy (non-hydrogen) atoms. The third-order valence-corrected chi connectivity index (χ3v) is 6.37. The minimum absolute atomic E-state index is 0.117. The molecule has 2 heterocycles. The van der Waals surface area contributed by atoms with E-state index < -0.39 is 12.0 Å². The van der Waals surface area contributed by atoms with Gasteiger partial charge in [0.05, 0.1) is 22.2 Å². The predicted octanol–water partition coefficient (Wildman–Crippen LogP) is 4.37. The number of aromatic nitrogens is 1.